The summed E-state index contributed by atoms with van der Waals surface area (Å²) in [6.07, 6.45) is 2.62. The highest BCUT2D eigenvalue weighted by Gasteiger charge is 2.16. The van der Waals surface area contributed by atoms with Crippen molar-refractivity contribution in [2.75, 3.05) is 30.1 Å². The molecular formula is C21H25N3O2S. The zero-order valence-electron chi connectivity index (χ0n) is 15.5. The van der Waals surface area contributed by atoms with Gasteiger partial charge in [-0.1, -0.05) is 19.1 Å². The number of anilines is 2. The van der Waals surface area contributed by atoms with Gasteiger partial charge < -0.3 is 25.0 Å². The Hall–Kier alpha value is -2.47. The van der Waals surface area contributed by atoms with Crippen LogP contribution < -0.4 is 25.0 Å². The molecule has 2 aromatic rings. The molecule has 2 heterocycles. The summed E-state index contributed by atoms with van der Waals surface area (Å²) in [5.74, 6) is 2.28. The fourth-order valence-electron chi connectivity index (χ4n) is 3.58. The Morgan fingerprint density at radius 3 is 2.78 bits per heavy atom. The van der Waals surface area contributed by atoms with Gasteiger partial charge in [-0.25, -0.2) is 0 Å². The third-order valence-corrected chi connectivity index (χ3v) is 5.29. The number of hydrogen-bond donors (Lipinski definition) is 2. The van der Waals surface area contributed by atoms with Crippen molar-refractivity contribution in [2.45, 2.75) is 26.3 Å². The summed E-state index contributed by atoms with van der Waals surface area (Å²) in [6, 6.07) is 14.5. The van der Waals surface area contributed by atoms with Crippen LogP contribution in [0.5, 0.6) is 11.5 Å². The molecule has 142 valence electrons. The third kappa shape index (κ3) is 4.45. The first-order chi connectivity index (χ1) is 13.2. The van der Waals surface area contributed by atoms with Crippen molar-refractivity contribution in [3.05, 3.63) is 48.0 Å². The van der Waals surface area contributed by atoms with E-state index in [1.54, 1.807) is 0 Å². The summed E-state index contributed by atoms with van der Waals surface area (Å²) in [5, 5.41) is 7.03. The summed E-state index contributed by atoms with van der Waals surface area (Å²) < 4.78 is 10.7. The van der Waals surface area contributed by atoms with Crippen LogP contribution in [0.25, 0.3) is 0 Å². The minimum Gasteiger partial charge on any atom is -0.454 e. The van der Waals surface area contributed by atoms with Crippen molar-refractivity contribution in [3.8, 4) is 11.5 Å². The summed E-state index contributed by atoms with van der Waals surface area (Å²) in [4.78, 5) is 2.48. The highest BCUT2D eigenvalue weighted by molar-refractivity contribution is 7.80. The van der Waals surface area contributed by atoms with Gasteiger partial charge in [0.05, 0.1) is 0 Å². The number of fused-ring (bicyclic) bond motifs is 1. The normalized spacial score (nSPS) is 18.3. The van der Waals surface area contributed by atoms with Gasteiger partial charge >= 0.3 is 0 Å². The number of hydrogen-bond acceptors (Lipinski definition) is 4. The van der Waals surface area contributed by atoms with Crippen molar-refractivity contribution in [2.24, 2.45) is 5.92 Å². The summed E-state index contributed by atoms with van der Waals surface area (Å²) in [6.45, 7) is 5.60. The van der Waals surface area contributed by atoms with Crippen LogP contribution in [0.1, 0.15) is 25.3 Å². The number of thiocarbonyl (C=S) groups is 1. The van der Waals surface area contributed by atoms with Crippen molar-refractivity contribution in [3.63, 3.8) is 0 Å². The van der Waals surface area contributed by atoms with Crippen LogP contribution in [0.2, 0.25) is 0 Å². The highest BCUT2D eigenvalue weighted by Crippen LogP contribution is 2.34. The van der Waals surface area contributed by atoms with E-state index in [0.717, 1.165) is 36.2 Å². The van der Waals surface area contributed by atoms with Crippen LogP contribution in [0.3, 0.4) is 0 Å². The first kappa shape index (κ1) is 17.9. The quantitative estimate of drug-likeness (QED) is 0.774. The van der Waals surface area contributed by atoms with Gasteiger partial charge in [-0.15, -0.1) is 0 Å². The number of nitrogens with zero attached hydrogens (tertiary/aromatic N) is 1. The lowest BCUT2D eigenvalue weighted by atomic mass is 9.99. The van der Waals surface area contributed by atoms with Crippen molar-refractivity contribution < 1.29 is 9.47 Å². The Morgan fingerprint density at radius 2 is 1.96 bits per heavy atom. The zero-order chi connectivity index (χ0) is 18.6. The predicted octanol–water partition coefficient (Wildman–Crippen LogP) is 4.14. The van der Waals surface area contributed by atoms with Gasteiger partial charge in [0.1, 0.15) is 0 Å². The van der Waals surface area contributed by atoms with E-state index in [9.17, 15) is 0 Å². The minimum atomic E-state index is 0.272. The van der Waals surface area contributed by atoms with Crippen molar-refractivity contribution in [1.29, 1.82) is 0 Å². The molecule has 5 nitrogen and oxygen atoms in total. The molecule has 0 unspecified atom stereocenters. The zero-order valence-corrected chi connectivity index (χ0v) is 16.3. The molecule has 2 aliphatic rings. The average Bonchev–Trinajstić information content (AvgIpc) is 3.15. The largest absolute Gasteiger partial charge is 0.454 e. The SMILES string of the molecule is C[C@H]1CCCN(c2ccc(CNC(=S)Nc3ccc4c(c3)OCO4)cc2)C1. The van der Waals surface area contributed by atoms with Gasteiger partial charge in [-0.2, -0.15) is 0 Å². The molecular weight excluding hydrogens is 358 g/mol. The van der Waals surface area contributed by atoms with Gasteiger partial charge in [0.25, 0.3) is 0 Å². The molecule has 0 saturated carbocycles. The van der Waals surface area contributed by atoms with E-state index in [1.165, 1.54) is 24.1 Å². The molecule has 0 aliphatic carbocycles. The van der Waals surface area contributed by atoms with Crippen molar-refractivity contribution in [1.82, 2.24) is 5.32 Å². The number of benzene rings is 2. The maximum absolute atomic E-state index is 5.40. The second kappa shape index (κ2) is 8.05. The molecule has 1 atom stereocenters. The predicted molar refractivity (Wildman–Crippen MR) is 113 cm³/mol. The molecule has 4 rings (SSSR count). The lowest BCUT2D eigenvalue weighted by molar-refractivity contribution is 0.174. The molecule has 0 aromatic heterocycles. The molecule has 2 N–H and O–H groups in total. The Kier molecular flexibility index (Phi) is 5.34. The fraction of sp³-hybridized carbons (Fsp3) is 0.381. The van der Waals surface area contributed by atoms with E-state index in [0.29, 0.717) is 11.7 Å². The lowest BCUT2D eigenvalue weighted by Gasteiger charge is -2.32. The molecule has 0 spiro atoms. The molecule has 1 saturated heterocycles. The van der Waals surface area contributed by atoms with Gasteiger partial charge in [0, 0.05) is 37.1 Å². The maximum atomic E-state index is 5.40. The molecule has 2 aromatic carbocycles. The summed E-state index contributed by atoms with van der Waals surface area (Å²) in [5.41, 5.74) is 3.40. The van der Waals surface area contributed by atoms with Crippen LogP contribution in [-0.2, 0) is 6.54 Å². The number of piperidine rings is 1. The number of rotatable bonds is 4. The van der Waals surface area contributed by atoms with E-state index in [2.05, 4.69) is 46.7 Å². The van der Waals surface area contributed by atoms with Crippen LogP contribution in [-0.4, -0.2) is 25.0 Å². The van der Waals surface area contributed by atoms with Crippen LogP contribution in [0.4, 0.5) is 11.4 Å². The molecule has 1 fully saturated rings. The van der Waals surface area contributed by atoms with Gasteiger partial charge in [-0.3, -0.25) is 0 Å². The number of nitrogens with one attached hydrogen (secondary N) is 2. The van der Waals surface area contributed by atoms with Crippen LogP contribution >= 0.6 is 12.2 Å². The standard InChI is InChI=1S/C21H25N3O2S/c1-15-3-2-10-24(13-15)18-7-4-16(5-8-18)12-22-21(27)23-17-6-9-19-20(11-17)26-14-25-19/h4-9,11,15H,2-3,10,12-14H2,1H3,(H2,22,23,27)/t15-/m0/s1. The second-order valence-corrected chi connectivity index (χ2v) is 7.64. The Bertz CT molecular complexity index is 810. The van der Waals surface area contributed by atoms with E-state index in [1.807, 2.05) is 18.2 Å². The molecule has 6 heteroatoms. The Balaban J connectivity index is 1.28. The molecule has 0 amide bonds. The van der Waals surface area contributed by atoms with Gasteiger partial charge in [0.2, 0.25) is 6.79 Å². The monoisotopic (exact) mass is 383 g/mol. The third-order valence-electron chi connectivity index (χ3n) is 5.04. The lowest BCUT2D eigenvalue weighted by Crippen LogP contribution is -2.34. The molecule has 0 radical (unpaired) electrons. The van der Waals surface area contributed by atoms with E-state index < -0.39 is 0 Å². The Labute approximate surface area is 165 Å². The van der Waals surface area contributed by atoms with E-state index >= 15 is 0 Å². The molecule has 27 heavy (non-hydrogen) atoms. The fourth-order valence-corrected chi connectivity index (χ4v) is 3.77. The maximum Gasteiger partial charge on any atom is 0.231 e. The minimum absolute atomic E-state index is 0.272. The van der Waals surface area contributed by atoms with Crippen molar-refractivity contribution >= 4 is 28.7 Å². The second-order valence-electron chi connectivity index (χ2n) is 7.24. The topological polar surface area (TPSA) is 45.8 Å². The molecule has 0 bridgehead atoms. The molecule has 2 aliphatic heterocycles. The summed E-state index contributed by atoms with van der Waals surface area (Å²) in [7, 11) is 0. The smallest absolute Gasteiger partial charge is 0.231 e. The summed E-state index contributed by atoms with van der Waals surface area (Å²) >= 11 is 5.40. The van der Waals surface area contributed by atoms with Crippen LogP contribution in [0.15, 0.2) is 42.5 Å². The van der Waals surface area contributed by atoms with E-state index in [4.69, 9.17) is 21.7 Å². The van der Waals surface area contributed by atoms with E-state index in [-0.39, 0.29) is 6.79 Å². The van der Waals surface area contributed by atoms with Gasteiger partial charge in [-0.05, 0) is 60.8 Å². The van der Waals surface area contributed by atoms with Gasteiger partial charge in [0.15, 0.2) is 16.6 Å². The number of ether oxygens (including phenoxy) is 2. The average molecular weight is 384 g/mol. The first-order valence-corrected chi connectivity index (χ1v) is 9.86. The Morgan fingerprint density at radius 1 is 1.15 bits per heavy atom. The van der Waals surface area contributed by atoms with Crippen LogP contribution in [0, 0.1) is 5.92 Å². The highest BCUT2D eigenvalue weighted by atomic mass is 32.1. The first-order valence-electron chi connectivity index (χ1n) is 9.46.